The summed E-state index contributed by atoms with van der Waals surface area (Å²) in [5.74, 6) is 1.61. The molecule has 6 rings (SSSR count). The highest BCUT2D eigenvalue weighted by Crippen LogP contribution is 2.13. The maximum Gasteiger partial charge on any atom is 0.212 e. The first kappa shape index (κ1) is 39.7. The average molecular weight is 689 g/mol. The zero-order chi connectivity index (χ0) is 35.7. The Bertz CT molecular complexity index is 1220. The summed E-state index contributed by atoms with van der Waals surface area (Å²) in [6, 6.07) is 14.0. The molecule has 3 aromatic heterocycles. The highest BCUT2D eigenvalue weighted by atomic mass is 16.5. The van der Waals surface area contributed by atoms with Crippen LogP contribution in [0.5, 0.6) is 5.88 Å². The van der Waals surface area contributed by atoms with E-state index in [1.165, 1.54) is 37.4 Å². The fourth-order valence-electron chi connectivity index (χ4n) is 6.53. The van der Waals surface area contributed by atoms with Crippen LogP contribution in [0.1, 0.15) is 58.6 Å². The molecule has 0 aliphatic carbocycles. The fourth-order valence-corrected chi connectivity index (χ4v) is 6.53. The van der Waals surface area contributed by atoms with Crippen LogP contribution in [0.4, 0.5) is 0 Å². The van der Waals surface area contributed by atoms with E-state index in [-0.39, 0.29) is 0 Å². The Morgan fingerprint density at radius 1 is 0.520 bits per heavy atom. The van der Waals surface area contributed by atoms with Crippen LogP contribution in [-0.2, 0) is 19.6 Å². The Hall–Kier alpha value is -3.06. The van der Waals surface area contributed by atoms with Gasteiger partial charge >= 0.3 is 0 Å². The van der Waals surface area contributed by atoms with Crippen LogP contribution in [0, 0.1) is 0 Å². The molecule has 0 spiro atoms. The van der Waals surface area contributed by atoms with Crippen molar-refractivity contribution in [1.29, 1.82) is 0 Å². The van der Waals surface area contributed by atoms with Crippen molar-refractivity contribution in [3.05, 3.63) is 78.3 Å². The van der Waals surface area contributed by atoms with Gasteiger partial charge in [-0.1, -0.05) is 12.1 Å². The van der Waals surface area contributed by atoms with Crippen molar-refractivity contribution in [2.24, 2.45) is 0 Å². The molecule has 3 aromatic rings. The monoisotopic (exact) mass is 689 g/mol. The maximum absolute atomic E-state index is 5.07. The van der Waals surface area contributed by atoms with Gasteiger partial charge in [0.2, 0.25) is 5.88 Å². The van der Waals surface area contributed by atoms with Crippen LogP contribution in [0.3, 0.4) is 0 Å². The lowest BCUT2D eigenvalue weighted by molar-refractivity contribution is 0.102. The van der Waals surface area contributed by atoms with Gasteiger partial charge in [0.1, 0.15) is 5.82 Å². The molecule has 11 nitrogen and oxygen atoms in total. The van der Waals surface area contributed by atoms with Crippen molar-refractivity contribution in [2.45, 2.75) is 79.3 Å². The maximum atomic E-state index is 5.07. The minimum Gasteiger partial charge on any atom is -0.481 e. The van der Waals surface area contributed by atoms with E-state index in [0.717, 1.165) is 77.8 Å². The van der Waals surface area contributed by atoms with E-state index in [1.807, 2.05) is 43.0 Å². The van der Waals surface area contributed by atoms with E-state index >= 15 is 0 Å². The first-order valence-electron chi connectivity index (χ1n) is 18.7. The van der Waals surface area contributed by atoms with Crippen LogP contribution in [0.2, 0.25) is 0 Å². The van der Waals surface area contributed by atoms with Crippen LogP contribution < -0.4 is 4.74 Å². The van der Waals surface area contributed by atoms with Gasteiger partial charge in [-0.15, -0.1) is 0 Å². The predicted octanol–water partition coefficient (Wildman–Crippen LogP) is 4.23. The van der Waals surface area contributed by atoms with Crippen molar-refractivity contribution >= 4 is 0 Å². The number of rotatable bonds is 10. The second kappa shape index (κ2) is 21.3. The highest BCUT2D eigenvalue weighted by Gasteiger charge is 2.21. The van der Waals surface area contributed by atoms with Crippen LogP contribution >= 0.6 is 0 Å². The van der Waals surface area contributed by atoms with Gasteiger partial charge in [-0.3, -0.25) is 34.4 Å². The molecule has 0 saturated carbocycles. The Balaban J connectivity index is 0.000000169. The van der Waals surface area contributed by atoms with E-state index in [1.54, 1.807) is 7.11 Å². The van der Waals surface area contributed by atoms with Gasteiger partial charge < -0.3 is 4.74 Å². The molecule has 6 heterocycles. The summed E-state index contributed by atoms with van der Waals surface area (Å²) in [7, 11) is 1.65. The molecule has 0 unspecified atom stereocenters. The number of aromatic nitrogens is 4. The molecular formula is C39H64N10O. The third-order valence-electron chi connectivity index (χ3n) is 9.92. The summed E-state index contributed by atoms with van der Waals surface area (Å²) in [6.07, 6.45) is 7.41. The molecule has 3 fully saturated rings. The Kier molecular flexibility index (Phi) is 17.0. The first-order valence-corrected chi connectivity index (χ1v) is 18.7. The van der Waals surface area contributed by atoms with Crippen molar-refractivity contribution in [3.63, 3.8) is 0 Å². The summed E-state index contributed by atoms with van der Waals surface area (Å²) in [4.78, 5) is 32.1. The lowest BCUT2D eigenvalue weighted by atomic mass is 10.2. The molecule has 0 bridgehead atoms. The number of nitrogens with zero attached hydrogens (tertiary/aromatic N) is 10. The molecule has 276 valence electrons. The molecule has 3 saturated heterocycles. The van der Waals surface area contributed by atoms with E-state index in [2.05, 4.69) is 109 Å². The van der Waals surface area contributed by atoms with Gasteiger partial charge in [0.05, 0.1) is 19.3 Å². The molecule has 0 N–H and O–H groups in total. The van der Waals surface area contributed by atoms with Gasteiger partial charge in [0.15, 0.2) is 0 Å². The summed E-state index contributed by atoms with van der Waals surface area (Å²) in [5, 5.41) is 0. The van der Waals surface area contributed by atoms with Crippen molar-refractivity contribution < 1.29 is 4.74 Å². The first-order chi connectivity index (χ1) is 24.2. The van der Waals surface area contributed by atoms with Crippen LogP contribution in [-0.4, -0.2) is 153 Å². The van der Waals surface area contributed by atoms with Crippen molar-refractivity contribution in [3.8, 4) is 5.88 Å². The molecular weight excluding hydrogens is 624 g/mol. The second-order valence-corrected chi connectivity index (χ2v) is 14.4. The van der Waals surface area contributed by atoms with Gasteiger partial charge in [-0.25, -0.2) is 15.0 Å². The fraction of sp³-hybridized carbons (Fsp3) is 0.641. The number of pyridine rings is 2. The number of hydrogen-bond donors (Lipinski definition) is 0. The molecule has 0 aromatic carbocycles. The standard InChI is InChI=1S/C14H23N3O.C13H21N3.C12H20N4/c1-12(2)17-8-6-16(7-9-17)11-13-4-5-14(18-3)15-10-13;1-12(2)16-9-7-15(8-10-16)11-13-5-3-4-6-14-13;1-11(2)16-8-6-15(7-9-16)10-12-13-4-3-5-14-12/h4-5,10,12H,6-9,11H2,1-3H3;3-6,12H,7-11H2,1-2H3;3-5,11H,6-10H2,1-2H3. The zero-order valence-corrected chi connectivity index (χ0v) is 32.0. The van der Waals surface area contributed by atoms with Crippen LogP contribution in [0.25, 0.3) is 0 Å². The highest BCUT2D eigenvalue weighted by molar-refractivity contribution is 5.17. The predicted molar refractivity (Wildman–Crippen MR) is 203 cm³/mol. The van der Waals surface area contributed by atoms with E-state index in [0.29, 0.717) is 24.0 Å². The van der Waals surface area contributed by atoms with Crippen molar-refractivity contribution in [2.75, 3.05) is 85.6 Å². The summed E-state index contributed by atoms with van der Waals surface area (Å²) >= 11 is 0. The average Bonchev–Trinajstić information content (AvgIpc) is 3.14. The normalized spacial score (nSPS) is 18.8. The summed E-state index contributed by atoms with van der Waals surface area (Å²) in [5.41, 5.74) is 2.44. The van der Waals surface area contributed by atoms with E-state index in [9.17, 15) is 0 Å². The third-order valence-corrected chi connectivity index (χ3v) is 9.92. The largest absolute Gasteiger partial charge is 0.481 e. The van der Waals surface area contributed by atoms with Gasteiger partial charge in [0.25, 0.3) is 0 Å². The van der Waals surface area contributed by atoms with Crippen LogP contribution in [0.15, 0.2) is 61.2 Å². The number of piperazine rings is 3. The molecule has 0 atom stereocenters. The smallest absolute Gasteiger partial charge is 0.212 e. The van der Waals surface area contributed by atoms with Gasteiger partial charge in [0, 0.05) is 141 Å². The molecule has 3 aliphatic heterocycles. The summed E-state index contributed by atoms with van der Waals surface area (Å²) in [6.45, 7) is 30.3. The lowest BCUT2D eigenvalue weighted by Crippen LogP contribution is -2.48. The summed E-state index contributed by atoms with van der Waals surface area (Å²) < 4.78 is 5.07. The SMILES string of the molecule is CC(C)N1CCN(Cc2ccccn2)CC1.CC(C)N1CCN(Cc2ncccn2)CC1.COc1ccc(CN2CCN(C(C)C)CC2)cn1. The molecule has 0 amide bonds. The number of ether oxygens (including phenoxy) is 1. The molecule has 11 heteroatoms. The molecule has 50 heavy (non-hydrogen) atoms. The minimum absolute atomic E-state index is 0.662. The number of hydrogen-bond acceptors (Lipinski definition) is 11. The van der Waals surface area contributed by atoms with Gasteiger partial charge in [-0.2, -0.15) is 0 Å². The minimum atomic E-state index is 0.662. The van der Waals surface area contributed by atoms with E-state index < -0.39 is 0 Å². The van der Waals surface area contributed by atoms with E-state index in [4.69, 9.17) is 4.74 Å². The zero-order valence-electron chi connectivity index (χ0n) is 32.0. The van der Waals surface area contributed by atoms with Crippen molar-refractivity contribution in [1.82, 2.24) is 49.3 Å². The quantitative estimate of drug-likeness (QED) is 0.307. The Morgan fingerprint density at radius 2 is 1.00 bits per heavy atom. The Labute approximate surface area is 302 Å². The molecule has 3 aliphatic rings. The van der Waals surface area contributed by atoms with Gasteiger partial charge in [-0.05, 0) is 65.3 Å². The lowest BCUT2D eigenvalue weighted by Gasteiger charge is -2.36. The number of methoxy groups -OCH3 is 1. The second-order valence-electron chi connectivity index (χ2n) is 14.4. The molecule has 0 radical (unpaired) electrons. The third kappa shape index (κ3) is 13.9. The Morgan fingerprint density at radius 3 is 1.42 bits per heavy atom. The topological polar surface area (TPSA) is 80.2 Å².